The van der Waals surface area contributed by atoms with E-state index in [0.29, 0.717) is 26.0 Å². The molecule has 0 aromatic carbocycles. The van der Waals surface area contributed by atoms with E-state index >= 15 is 0 Å². The Morgan fingerprint density at radius 2 is 2.00 bits per heavy atom. The topological polar surface area (TPSA) is 113 Å². The fourth-order valence-corrected chi connectivity index (χ4v) is 2.60. The normalized spacial score (nSPS) is 27.2. The highest BCUT2D eigenvalue weighted by molar-refractivity contribution is 5.84. The molecule has 2 unspecified atom stereocenters. The maximum absolute atomic E-state index is 12.4. The minimum atomic E-state index is -1.08. The van der Waals surface area contributed by atoms with Gasteiger partial charge in [0.1, 0.15) is 0 Å². The molecule has 2 rings (SSSR count). The summed E-state index contributed by atoms with van der Waals surface area (Å²) in [7, 11) is 0. The number of rotatable bonds is 2. The number of ether oxygens (including phenoxy) is 1. The summed E-state index contributed by atoms with van der Waals surface area (Å²) >= 11 is 0. The van der Waals surface area contributed by atoms with Crippen LogP contribution >= 0.6 is 0 Å². The van der Waals surface area contributed by atoms with E-state index in [0.717, 1.165) is 0 Å². The zero-order valence-electron chi connectivity index (χ0n) is 11.2. The number of nitrogens with zero attached hydrogens (tertiary/aromatic N) is 2. The van der Waals surface area contributed by atoms with Crippen LogP contribution in [0.15, 0.2) is 0 Å². The molecule has 0 bridgehead atoms. The molecule has 20 heavy (non-hydrogen) atoms. The predicted molar refractivity (Wildman–Crippen MR) is 67.8 cm³/mol. The summed E-state index contributed by atoms with van der Waals surface area (Å²) in [6, 6.07) is -1.32. The lowest BCUT2D eigenvalue weighted by molar-refractivity contribution is -0.147. The van der Waals surface area contributed by atoms with Crippen LogP contribution in [0.4, 0.5) is 4.79 Å². The molecule has 0 radical (unpaired) electrons. The molecule has 0 aromatic rings. The summed E-state index contributed by atoms with van der Waals surface area (Å²) in [6.07, 6.45) is 1.37. The van der Waals surface area contributed by atoms with Crippen molar-refractivity contribution >= 4 is 17.9 Å². The zero-order chi connectivity index (χ0) is 14.7. The first kappa shape index (κ1) is 14.6. The molecule has 2 heterocycles. The van der Waals surface area contributed by atoms with Gasteiger partial charge in [-0.15, -0.1) is 0 Å². The van der Waals surface area contributed by atoms with E-state index in [1.165, 1.54) is 9.80 Å². The Bertz CT molecular complexity index is 414. The Balaban J connectivity index is 2.05. The zero-order valence-corrected chi connectivity index (χ0v) is 11.2. The Kier molecular flexibility index (Phi) is 4.43. The summed E-state index contributed by atoms with van der Waals surface area (Å²) in [5.41, 5.74) is 5.28. The molecular formula is C12H19N3O5. The van der Waals surface area contributed by atoms with Crippen LogP contribution in [-0.4, -0.2) is 71.7 Å². The number of piperidine rings is 1. The summed E-state index contributed by atoms with van der Waals surface area (Å²) in [6.45, 7) is 1.34. The smallest absolute Gasteiger partial charge is 0.328 e. The molecule has 2 aliphatic heterocycles. The number of carboxylic acid groups (broad SMARTS) is 1. The van der Waals surface area contributed by atoms with Gasteiger partial charge in [0.15, 0.2) is 6.04 Å². The Labute approximate surface area is 116 Å². The van der Waals surface area contributed by atoms with Crippen molar-refractivity contribution in [1.82, 2.24) is 9.80 Å². The van der Waals surface area contributed by atoms with Crippen molar-refractivity contribution in [3.05, 3.63) is 0 Å². The van der Waals surface area contributed by atoms with Gasteiger partial charge in [-0.25, -0.2) is 9.59 Å². The van der Waals surface area contributed by atoms with Crippen LogP contribution in [0, 0.1) is 5.92 Å². The molecule has 8 nitrogen and oxygen atoms in total. The summed E-state index contributed by atoms with van der Waals surface area (Å²) < 4.78 is 5.10. The van der Waals surface area contributed by atoms with E-state index in [1.807, 2.05) is 0 Å². The van der Waals surface area contributed by atoms with Crippen molar-refractivity contribution < 1.29 is 24.2 Å². The van der Waals surface area contributed by atoms with E-state index in [1.54, 1.807) is 0 Å². The van der Waals surface area contributed by atoms with E-state index in [-0.39, 0.29) is 31.6 Å². The number of morpholine rings is 1. The lowest BCUT2D eigenvalue weighted by Gasteiger charge is -2.39. The van der Waals surface area contributed by atoms with Gasteiger partial charge in [-0.05, 0) is 12.8 Å². The van der Waals surface area contributed by atoms with Crippen LogP contribution in [0.25, 0.3) is 0 Å². The maximum atomic E-state index is 12.4. The van der Waals surface area contributed by atoms with Crippen LogP contribution in [0.2, 0.25) is 0 Å². The summed E-state index contributed by atoms with van der Waals surface area (Å²) in [4.78, 5) is 37.6. The quantitative estimate of drug-likeness (QED) is 0.682. The van der Waals surface area contributed by atoms with Gasteiger partial charge >= 0.3 is 12.0 Å². The van der Waals surface area contributed by atoms with Gasteiger partial charge in [0.2, 0.25) is 5.91 Å². The number of carbonyl (C=O) groups is 3. The molecule has 8 heteroatoms. The van der Waals surface area contributed by atoms with Crippen molar-refractivity contribution in [3.8, 4) is 0 Å². The summed E-state index contributed by atoms with van der Waals surface area (Å²) in [5.74, 6) is -1.85. The number of hydrogen-bond acceptors (Lipinski definition) is 4. The van der Waals surface area contributed by atoms with Gasteiger partial charge in [0.05, 0.1) is 19.1 Å². The van der Waals surface area contributed by atoms with E-state index in [4.69, 9.17) is 15.6 Å². The average molecular weight is 285 g/mol. The van der Waals surface area contributed by atoms with Gasteiger partial charge in [-0.2, -0.15) is 0 Å². The van der Waals surface area contributed by atoms with E-state index in [9.17, 15) is 14.4 Å². The molecule has 0 saturated carbocycles. The van der Waals surface area contributed by atoms with Crippen molar-refractivity contribution in [2.75, 3.05) is 32.8 Å². The number of hydrogen-bond donors (Lipinski definition) is 2. The van der Waals surface area contributed by atoms with Crippen molar-refractivity contribution in [2.45, 2.75) is 18.9 Å². The molecule has 2 saturated heterocycles. The molecular weight excluding hydrogens is 266 g/mol. The number of primary amides is 1. The van der Waals surface area contributed by atoms with Gasteiger partial charge in [-0.3, -0.25) is 4.79 Å². The third kappa shape index (κ3) is 3.01. The van der Waals surface area contributed by atoms with E-state index in [2.05, 4.69) is 0 Å². The first-order valence-corrected chi connectivity index (χ1v) is 6.66. The lowest BCUT2D eigenvalue weighted by atomic mass is 9.98. The number of likely N-dealkylation sites (tertiary alicyclic amines) is 1. The number of amides is 3. The molecule has 0 aromatic heterocycles. The monoisotopic (exact) mass is 285 g/mol. The third-order valence-electron chi connectivity index (χ3n) is 3.75. The standard InChI is InChI=1S/C12H19N3O5/c13-10(16)8-2-1-3-14(6-8)12(19)15-4-5-20-7-9(15)11(17)18/h8-9H,1-7H2,(H2,13,16)(H,17,18). The Morgan fingerprint density at radius 3 is 2.65 bits per heavy atom. The molecule has 3 amide bonds. The largest absolute Gasteiger partial charge is 0.480 e. The molecule has 2 aliphatic rings. The second-order valence-electron chi connectivity index (χ2n) is 5.09. The van der Waals surface area contributed by atoms with Gasteiger partial charge in [-0.1, -0.05) is 0 Å². The number of carboxylic acids is 1. The number of carbonyl (C=O) groups excluding carboxylic acids is 2. The number of aliphatic carboxylic acids is 1. The van der Waals surface area contributed by atoms with Crippen molar-refractivity contribution in [2.24, 2.45) is 11.7 Å². The van der Waals surface area contributed by atoms with Crippen LogP contribution in [0.3, 0.4) is 0 Å². The first-order valence-electron chi connectivity index (χ1n) is 6.66. The first-order chi connectivity index (χ1) is 9.50. The molecule has 3 N–H and O–H groups in total. The fourth-order valence-electron chi connectivity index (χ4n) is 2.60. The van der Waals surface area contributed by atoms with Gasteiger partial charge in [0.25, 0.3) is 0 Å². The highest BCUT2D eigenvalue weighted by atomic mass is 16.5. The van der Waals surface area contributed by atoms with Crippen LogP contribution in [-0.2, 0) is 14.3 Å². The van der Waals surface area contributed by atoms with Crippen LogP contribution in [0.1, 0.15) is 12.8 Å². The second kappa shape index (κ2) is 6.08. The molecule has 2 fully saturated rings. The summed E-state index contributed by atoms with van der Waals surface area (Å²) in [5, 5.41) is 9.13. The fraction of sp³-hybridized carbons (Fsp3) is 0.750. The second-order valence-corrected chi connectivity index (χ2v) is 5.09. The van der Waals surface area contributed by atoms with E-state index < -0.39 is 17.9 Å². The average Bonchev–Trinajstić information content (AvgIpc) is 2.46. The predicted octanol–water partition coefficient (Wildman–Crippen LogP) is -0.911. The number of nitrogens with two attached hydrogens (primary N) is 1. The Morgan fingerprint density at radius 1 is 1.25 bits per heavy atom. The van der Waals surface area contributed by atoms with Crippen molar-refractivity contribution in [3.63, 3.8) is 0 Å². The highest BCUT2D eigenvalue weighted by Crippen LogP contribution is 2.19. The molecule has 2 atom stereocenters. The molecule has 0 aliphatic carbocycles. The Hall–Kier alpha value is -1.83. The highest BCUT2D eigenvalue weighted by Gasteiger charge is 2.37. The third-order valence-corrected chi connectivity index (χ3v) is 3.75. The van der Waals surface area contributed by atoms with Gasteiger partial charge < -0.3 is 25.4 Å². The van der Waals surface area contributed by atoms with Crippen molar-refractivity contribution in [1.29, 1.82) is 0 Å². The minimum Gasteiger partial charge on any atom is -0.480 e. The van der Waals surface area contributed by atoms with Gasteiger partial charge in [0, 0.05) is 19.6 Å². The SMILES string of the molecule is NC(=O)C1CCCN(C(=O)N2CCOCC2C(=O)O)C1. The van der Waals surface area contributed by atoms with Crippen LogP contribution in [0.5, 0.6) is 0 Å². The number of urea groups is 1. The van der Waals surface area contributed by atoms with Crippen LogP contribution < -0.4 is 5.73 Å². The molecule has 0 spiro atoms. The maximum Gasteiger partial charge on any atom is 0.328 e. The minimum absolute atomic E-state index is 0.00579. The lowest BCUT2D eigenvalue weighted by Crippen LogP contribution is -2.58. The molecule has 112 valence electrons.